The lowest BCUT2D eigenvalue weighted by atomic mass is 9.85. The van der Waals surface area contributed by atoms with E-state index in [9.17, 15) is 20.4 Å². The number of ether oxygens (including phenoxy) is 4. The summed E-state index contributed by atoms with van der Waals surface area (Å²) in [6, 6.07) is 0. The maximum atomic E-state index is 10.5. The highest BCUT2D eigenvalue weighted by atomic mass is 16.7. The zero-order valence-corrected chi connectivity index (χ0v) is 14.7. The first-order valence-corrected chi connectivity index (χ1v) is 9.20. The van der Waals surface area contributed by atoms with Gasteiger partial charge in [0.2, 0.25) is 0 Å². The van der Waals surface area contributed by atoms with Crippen LogP contribution in [0.25, 0.3) is 0 Å². The molecule has 0 aromatic rings. The summed E-state index contributed by atoms with van der Waals surface area (Å²) < 4.78 is 22.7. The Morgan fingerprint density at radius 3 is 2.12 bits per heavy atom. The highest BCUT2D eigenvalue weighted by Crippen LogP contribution is 2.33. The highest BCUT2D eigenvalue weighted by molar-refractivity contribution is 4.92. The number of aliphatic hydroxyl groups excluding tert-OH is 4. The maximum absolute atomic E-state index is 10.5. The molecule has 4 bridgehead atoms. The molecule has 8 heteroatoms. The lowest BCUT2D eigenvalue weighted by molar-refractivity contribution is -0.348. The predicted octanol–water partition coefficient (Wildman–Crippen LogP) is -0.488. The fourth-order valence-electron chi connectivity index (χ4n) is 3.95. The van der Waals surface area contributed by atoms with Crippen LogP contribution in [0.4, 0.5) is 0 Å². The van der Waals surface area contributed by atoms with Crippen LogP contribution in [-0.4, -0.2) is 82.3 Å². The first-order valence-electron chi connectivity index (χ1n) is 9.20. The van der Waals surface area contributed by atoms with Crippen LogP contribution in [0.5, 0.6) is 0 Å². The second-order valence-corrected chi connectivity index (χ2v) is 7.37. The molecule has 6 unspecified atom stereocenters. The molecule has 0 saturated carbocycles. The number of aliphatic hydroxyl groups is 4. The second kappa shape index (κ2) is 8.14. The number of rotatable bonds is 0. The minimum atomic E-state index is -1.26. The van der Waals surface area contributed by atoms with Crippen molar-refractivity contribution in [2.75, 3.05) is 6.61 Å². The van der Waals surface area contributed by atoms with E-state index in [2.05, 4.69) is 0 Å². The Balaban J connectivity index is 1.81. The van der Waals surface area contributed by atoms with Gasteiger partial charge in [0.1, 0.15) is 24.4 Å². The molecule has 0 aliphatic carbocycles. The summed E-state index contributed by atoms with van der Waals surface area (Å²) >= 11 is 0. The van der Waals surface area contributed by atoms with E-state index in [1.165, 1.54) is 0 Å². The number of hydrogen-bond donors (Lipinski definition) is 4. The summed E-state index contributed by atoms with van der Waals surface area (Å²) in [5.74, 6) is -0.179. The lowest BCUT2D eigenvalue weighted by Gasteiger charge is -2.46. The van der Waals surface area contributed by atoms with Crippen molar-refractivity contribution in [1.82, 2.24) is 0 Å². The minimum absolute atomic E-state index is 0.179. The van der Waals surface area contributed by atoms with Gasteiger partial charge in [0.05, 0.1) is 18.3 Å². The van der Waals surface area contributed by atoms with Gasteiger partial charge in [-0.05, 0) is 26.7 Å². The largest absolute Gasteiger partial charge is 0.390 e. The first kappa shape index (κ1) is 19.4. The van der Waals surface area contributed by atoms with E-state index < -0.39 is 49.2 Å². The Kier molecular flexibility index (Phi) is 6.33. The molecule has 146 valence electrons. The van der Waals surface area contributed by atoms with Crippen molar-refractivity contribution in [3.8, 4) is 0 Å². The van der Waals surface area contributed by atoms with E-state index >= 15 is 0 Å². The zero-order chi connectivity index (χ0) is 18.1. The lowest BCUT2D eigenvalue weighted by Crippen LogP contribution is -2.62. The minimum Gasteiger partial charge on any atom is -0.390 e. The van der Waals surface area contributed by atoms with Gasteiger partial charge in [-0.2, -0.15) is 0 Å². The molecule has 5 aliphatic heterocycles. The predicted molar refractivity (Wildman–Crippen MR) is 85.5 cm³/mol. The molecule has 5 fully saturated rings. The van der Waals surface area contributed by atoms with Gasteiger partial charge in [-0.25, -0.2) is 0 Å². The summed E-state index contributed by atoms with van der Waals surface area (Å²) in [4.78, 5) is 0. The van der Waals surface area contributed by atoms with E-state index in [1.54, 1.807) is 6.92 Å². The van der Waals surface area contributed by atoms with Gasteiger partial charge in [0.15, 0.2) is 12.6 Å². The zero-order valence-electron chi connectivity index (χ0n) is 14.7. The van der Waals surface area contributed by atoms with Crippen LogP contribution in [0.15, 0.2) is 0 Å². The third-order valence-electron chi connectivity index (χ3n) is 5.55. The van der Waals surface area contributed by atoms with Gasteiger partial charge in [0.25, 0.3) is 0 Å². The Morgan fingerprint density at radius 2 is 1.36 bits per heavy atom. The van der Waals surface area contributed by atoms with E-state index in [4.69, 9.17) is 18.9 Å². The Labute approximate surface area is 147 Å². The maximum Gasteiger partial charge on any atom is 0.186 e. The van der Waals surface area contributed by atoms with Crippen molar-refractivity contribution in [3.05, 3.63) is 0 Å². The number of fused-ring (bicyclic) bond motifs is 2. The van der Waals surface area contributed by atoms with Crippen LogP contribution in [0.2, 0.25) is 0 Å². The average molecular weight is 362 g/mol. The van der Waals surface area contributed by atoms with E-state index in [1.807, 2.05) is 6.92 Å². The van der Waals surface area contributed by atoms with Crippen molar-refractivity contribution in [2.24, 2.45) is 5.92 Å². The molecule has 5 aliphatic rings. The normalized spacial score (nSPS) is 52.6. The molecule has 4 N–H and O–H groups in total. The molecule has 0 amide bonds. The Morgan fingerprint density at radius 1 is 0.680 bits per heavy atom. The fourth-order valence-corrected chi connectivity index (χ4v) is 3.95. The summed E-state index contributed by atoms with van der Waals surface area (Å²) in [5.41, 5.74) is 0. The van der Waals surface area contributed by atoms with Crippen LogP contribution in [0, 0.1) is 5.92 Å². The second-order valence-electron chi connectivity index (χ2n) is 7.37. The summed E-state index contributed by atoms with van der Waals surface area (Å²) in [5, 5.41) is 41.6. The van der Waals surface area contributed by atoms with Gasteiger partial charge in [-0.15, -0.1) is 0 Å². The first-order chi connectivity index (χ1) is 11.9. The Bertz CT molecular complexity index is 435. The summed E-state index contributed by atoms with van der Waals surface area (Å²) in [7, 11) is 0. The molecule has 25 heavy (non-hydrogen) atoms. The molecule has 0 spiro atoms. The molecule has 0 aromatic carbocycles. The van der Waals surface area contributed by atoms with Crippen molar-refractivity contribution >= 4 is 0 Å². The molecular formula is C17H30O8. The molecule has 10 atom stereocenters. The average Bonchev–Trinajstić information content (AvgIpc) is 2.58. The highest BCUT2D eigenvalue weighted by Gasteiger charge is 2.49. The third kappa shape index (κ3) is 4.01. The standard InChI is InChI=1S/C17H30O8/c1-8-10-6-4-3-5-7-22-16-14(21)12(19)15(9(2)24-16)25-17(23-8)13(20)11(10)18/h8-21H,3-7H2,1-2H3/t8?,9?,10?,11-,12+,13?,14?,15?,16-,17+/m0/s1. The van der Waals surface area contributed by atoms with E-state index in [0.717, 1.165) is 25.7 Å². The summed E-state index contributed by atoms with van der Waals surface area (Å²) in [6.45, 7) is 3.96. The van der Waals surface area contributed by atoms with Crippen molar-refractivity contribution in [3.63, 3.8) is 0 Å². The van der Waals surface area contributed by atoms with Crippen molar-refractivity contribution in [2.45, 2.75) is 94.8 Å². The molecule has 0 aromatic heterocycles. The van der Waals surface area contributed by atoms with Gasteiger partial charge in [0, 0.05) is 12.5 Å². The van der Waals surface area contributed by atoms with Crippen molar-refractivity contribution < 1.29 is 39.4 Å². The molecular weight excluding hydrogens is 332 g/mol. The fraction of sp³-hybridized carbons (Fsp3) is 1.00. The molecule has 5 heterocycles. The molecule has 5 rings (SSSR count). The third-order valence-corrected chi connectivity index (χ3v) is 5.55. The van der Waals surface area contributed by atoms with Crippen molar-refractivity contribution in [1.29, 1.82) is 0 Å². The molecule has 0 radical (unpaired) electrons. The Hall–Kier alpha value is -0.320. The van der Waals surface area contributed by atoms with Crippen LogP contribution >= 0.6 is 0 Å². The van der Waals surface area contributed by atoms with Crippen LogP contribution < -0.4 is 0 Å². The summed E-state index contributed by atoms with van der Waals surface area (Å²) in [6.07, 6.45) is -5.23. The number of hydrogen-bond acceptors (Lipinski definition) is 8. The molecule has 5 saturated heterocycles. The van der Waals surface area contributed by atoms with Gasteiger partial charge in [-0.3, -0.25) is 0 Å². The quantitative estimate of drug-likeness (QED) is 0.456. The monoisotopic (exact) mass is 362 g/mol. The topological polar surface area (TPSA) is 118 Å². The van der Waals surface area contributed by atoms with E-state index in [0.29, 0.717) is 6.61 Å². The van der Waals surface area contributed by atoms with Gasteiger partial charge < -0.3 is 39.4 Å². The van der Waals surface area contributed by atoms with Crippen LogP contribution in [0.1, 0.15) is 39.5 Å². The van der Waals surface area contributed by atoms with E-state index in [-0.39, 0.29) is 12.0 Å². The smallest absolute Gasteiger partial charge is 0.186 e. The van der Waals surface area contributed by atoms with Gasteiger partial charge >= 0.3 is 0 Å². The van der Waals surface area contributed by atoms with Crippen LogP contribution in [0.3, 0.4) is 0 Å². The van der Waals surface area contributed by atoms with Crippen LogP contribution in [-0.2, 0) is 18.9 Å². The molecule has 8 nitrogen and oxygen atoms in total. The van der Waals surface area contributed by atoms with Gasteiger partial charge in [-0.1, -0.05) is 12.8 Å². The SMILES string of the molecule is CC1O[C@@H]2OC3C(C)O[C@H](OCCCCCC1[C@H](O)C2O)C(O)[C@H]3O.